The van der Waals surface area contributed by atoms with Crippen LogP contribution >= 0.6 is 0 Å². The van der Waals surface area contributed by atoms with Crippen LogP contribution in [0.25, 0.3) is 10.4 Å². The van der Waals surface area contributed by atoms with E-state index in [1.165, 1.54) is 0 Å². The van der Waals surface area contributed by atoms with E-state index in [9.17, 15) is 14.7 Å². The van der Waals surface area contributed by atoms with Gasteiger partial charge in [-0.3, -0.25) is 0 Å². The number of nitrogens with two attached hydrogens (primary N) is 1. The van der Waals surface area contributed by atoms with Gasteiger partial charge >= 0.3 is 12.1 Å². The lowest BCUT2D eigenvalue weighted by molar-refractivity contribution is -0.143. The summed E-state index contributed by atoms with van der Waals surface area (Å²) < 4.78 is 5.01. The Morgan fingerprint density at radius 2 is 2.04 bits per heavy atom. The van der Waals surface area contributed by atoms with Gasteiger partial charge in [0.2, 0.25) is 6.04 Å². The van der Waals surface area contributed by atoms with Crippen LogP contribution in [0, 0.1) is 0 Å². The maximum Gasteiger partial charge on any atom is 0.511 e. The third-order valence-electron chi connectivity index (χ3n) is 3.04. The zero-order valence-corrected chi connectivity index (χ0v) is 12.5. The quantitative estimate of drug-likeness (QED) is 0.236. The minimum atomic E-state index is -1.29. The molecule has 124 valence electrons. The normalized spacial score (nSPS) is 11.2. The number of carboxylic acids is 1. The van der Waals surface area contributed by atoms with Crippen molar-refractivity contribution in [2.45, 2.75) is 31.9 Å². The summed E-state index contributed by atoms with van der Waals surface area (Å²) in [4.78, 5) is 25.9. The predicted octanol–water partition coefficient (Wildman–Crippen LogP) is 2.43. The molecule has 1 amide bonds. The Balaban J connectivity index is 2.74. The average molecular weight is 321 g/mol. The van der Waals surface area contributed by atoms with Gasteiger partial charge in [0.25, 0.3) is 0 Å². The maximum atomic E-state index is 12.0. The van der Waals surface area contributed by atoms with Crippen molar-refractivity contribution >= 4 is 12.1 Å². The van der Waals surface area contributed by atoms with Crippen molar-refractivity contribution in [2.75, 3.05) is 6.54 Å². The van der Waals surface area contributed by atoms with E-state index >= 15 is 0 Å². The van der Waals surface area contributed by atoms with Crippen LogP contribution in [0.4, 0.5) is 4.79 Å². The summed E-state index contributed by atoms with van der Waals surface area (Å²) in [6.07, 6.45) is 0.197. The number of carboxylic acid groups (broad SMARTS) is 1. The summed E-state index contributed by atoms with van der Waals surface area (Å²) in [6, 6.07) is 7.58. The highest BCUT2D eigenvalue weighted by Crippen LogP contribution is 2.13. The fraction of sp³-hybridized carbons (Fsp3) is 0.429. The zero-order chi connectivity index (χ0) is 17.1. The van der Waals surface area contributed by atoms with Crippen LogP contribution in [0.5, 0.6) is 0 Å². The third kappa shape index (κ3) is 6.25. The van der Waals surface area contributed by atoms with E-state index in [2.05, 4.69) is 10.1 Å². The van der Waals surface area contributed by atoms with Crippen LogP contribution in [0.1, 0.15) is 24.8 Å². The van der Waals surface area contributed by atoms with Gasteiger partial charge in [0.1, 0.15) is 6.61 Å². The van der Waals surface area contributed by atoms with E-state index in [4.69, 9.17) is 16.0 Å². The van der Waals surface area contributed by atoms with Crippen LogP contribution in [-0.4, -0.2) is 34.8 Å². The van der Waals surface area contributed by atoms with Gasteiger partial charge in [0.15, 0.2) is 0 Å². The molecule has 0 fully saturated rings. The van der Waals surface area contributed by atoms with Crippen molar-refractivity contribution in [1.82, 2.24) is 5.01 Å². The van der Waals surface area contributed by atoms with E-state index in [-0.39, 0.29) is 13.0 Å². The van der Waals surface area contributed by atoms with E-state index in [0.717, 1.165) is 5.56 Å². The molecule has 3 N–H and O–H groups in total. The summed E-state index contributed by atoms with van der Waals surface area (Å²) in [6.45, 7) is 0.360. The number of aliphatic carboxylic acids is 1. The lowest BCUT2D eigenvalue weighted by atomic mass is 10.1. The molecule has 0 aromatic heterocycles. The number of amides is 1. The van der Waals surface area contributed by atoms with Crippen molar-refractivity contribution in [3.8, 4) is 0 Å². The summed E-state index contributed by atoms with van der Waals surface area (Å²) in [5.41, 5.74) is 14.7. The Kier molecular flexibility index (Phi) is 7.98. The number of hydrogen-bond acceptors (Lipinski definition) is 5. The molecule has 0 aliphatic rings. The van der Waals surface area contributed by atoms with Crippen LogP contribution in [0.15, 0.2) is 35.6 Å². The highest BCUT2D eigenvalue weighted by molar-refractivity contribution is 5.79. The summed E-state index contributed by atoms with van der Waals surface area (Å²) in [7, 11) is 0. The van der Waals surface area contributed by atoms with Gasteiger partial charge in [-0.05, 0) is 36.6 Å². The minimum Gasteiger partial charge on any atom is -0.478 e. The van der Waals surface area contributed by atoms with Crippen molar-refractivity contribution in [1.29, 1.82) is 0 Å². The molecule has 9 heteroatoms. The monoisotopic (exact) mass is 321 g/mol. The molecule has 0 heterocycles. The van der Waals surface area contributed by atoms with Crippen LogP contribution in [0.2, 0.25) is 0 Å². The number of carbonyl (C=O) groups excluding carboxylic acids is 1. The predicted molar refractivity (Wildman–Crippen MR) is 81.9 cm³/mol. The molecule has 0 saturated heterocycles. The molecule has 0 spiro atoms. The molecule has 0 radical (unpaired) electrons. The number of ether oxygens (including phenoxy) is 1. The van der Waals surface area contributed by atoms with Crippen molar-refractivity contribution < 1.29 is 19.4 Å². The van der Waals surface area contributed by atoms with E-state index in [1.807, 2.05) is 6.07 Å². The summed E-state index contributed by atoms with van der Waals surface area (Å²) in [5, 5.41) is 12.9. The molecular weight excluding hydrogens is 302 g/mol. The largest absolute Gasteiger partial charge is 0.511 e. The Labute approximate surface area is 133 Å². The topological polar surface area (TPSA) is 142 Å². The number of rotatable bonds is 9. The Bertz CT molecular complexity index is 560. The smallest absolute Gasteiger partial charge is 0.478 e. The highest BCUT2D eigenvalue weighted by atomic mass is 16.6. The first-order valence-electron chi connectivity index (χ1n) is 7.08. The van der Waals surface area contributed by atoms with E-state index in [1.54, 1.807) is 24.3 Å². The number of nitrogens with zero attached hydrogens (tertiary/aromatic N) is 4. The van der Waals surface area contributed by atoms with Crippen LogP contribution < -0.4 is 5.73 Å². The molecule has 0 bridgehead atoms. The van der Waals surface area contributed by atoms with E-state index < -0.39 is 18.1 Å². The van der Waals surface area contributed by atoms with Gasteiger partial charge in [-0.15, -0.1) is 10.5 Å². The molecule has 1 aromatic rings. The first-order chi connectivity index (χ1) is 11.1. The molecular formula is C14H19N5O4. The first-order valence-corrected chi connectivity index (χ1v) is 7.08. The Morgan fingerprint density at radius 1 is 1.35 bits per heavy atom. The number of hydrogen-bond donors (Lipinski definition) is 2. The van der Waals surface area contributed by atoms with Crippen molar-refractivity contribution in [2.24, 2.45) is 11.0 Å². The summed E-state index contributed by atoms with van der Waals surface area (Å²) >= 11 is 0. The fourth-order valence-corrected chi connectivity index (χ4v) is 1.89. The number of benzene rings is 1. The standard InChI is InChI=1S/C14H19N5O4/c15-9-5-4-8-12(13(20)21)19(18-17-16)14(22)23-10-11-6-2-1-3-7-11/h1-3,6-7,12H,4-5,8-10,15H2,(H,20,21). The molecule has 1 aromatic carbocycles. The Morgan fingerprint density at radius 3 is 2.61 bits per heavy atom. The number of unbranched alkanes of at least 4 members (excludes halogenated alkanes) is 1. The van der Waals surface area contributed by atoms with Crippen LogP contribution in [-0.2, 0) is 16.1 Å². The van der Waals surface area contributed by atoms with Crippen molar-refractivity contribution in [3.63, 3.8) is 0 Å². The first kappa shape index (κ1) is 18.3. The lowest BCUT2D eigenvalue weighted by Crippen LogP contribution is -2.41. The zero-order valence-electron chi connectivity index (χ0n) is 12.5. The summed E-state index contributed by atoms with van der Waals surface area (Å²) in [5.74, 6) is -1.27. The second-order valence-electron chi connectivity index (χ2n) is 4.70. The SMILES string of the molecule is [N-]=[N+]=NN(C(=O)OCc1ccccc1)C(CCCCN)C(=O)O. The van der Waals surface area contributed by atoms with Gasteiger partial charge in [-0.2, -0.15) is 9.71 Å². The van der Waals surface area contributed by atoms with Crippen LogP contribution in [0.3, 0.4) is 0 Å². The molecule has 23 heavy (non-hydrogen) atoms. The fourth-order valence-electron chi connectivity index (χ4n) is 1.89. The molecule has 0 aliphatic heterocycles. The second-order valence-corrected chi connectivity index (χ2v) is 4.70. The van der Waals surface area contributed by atoms with Gasteiger partial charge in [0.05, 0.1) is 0 Å². The average Bonchev–Trinajstić information content (AvgIpc) is 2.56. The van der Waals surface area contributed by atoms with E-state index in [0.29, 0.717) is 24.4 Å². The maximum absolute atomic E-state index is 12.0. The third-order valence-corrected chi connectivity index (χ3v) is 3.04. The molecule has 0 aliphatic carbocycles. The number of azide groups is 1. The molecule has 9 nitrogen and oxygen atoms in total. The molecule has 1 rings (SSSR count). The van der Waals surface area contributed by atoms with Gasteiger partial charge in [0, 0.05) is 0 Å². The minimum absolute atomic E-state index is 0.0493. The lowest BCUT2D eigenvalue weighted by Gasteiger charge is -2.18. The molecule has 0 saturated carbocycles. The Hall–Kier alpha value is -2.77. The van der Waals surface area contributed by atoms with Gasteiger partial charge in [-0.25, -0.2) is 4.79 Å². The van der Waals surface area contributed by atoms with Gasteiger partial charge in [-0.1, -0.05) is 30.3 Å². The second kappa shape index (κ2) is 10.0. The van der Waals surface area contributed by atoms with Gasteiger partial charge < -0.3 is 15.6 Å². The molecule has 1 atom stereocenters. The number of carbonyl (C=O) groups is 2. The van der Waals surface area contributed by atoms with Crippen molar-refractivity contribution in [3.05, 3.63) is 46.3 Å². The highest BCUT2D eigenvalue weighted by Gasteiger charge is 2.35. The molecule has 1 unspecified atom stereocenters.